The Kier molecular flexibility index (Phi) is 3.99. The van der Waals surface area contributed by atoms with Gasteiger partial charge in [-0.15, -0.1) is 0 Å². The van der Waals surface area contributed by atoms with Crippen LogP contribution in [0.5, 0.6) is 5.75 Å². The zero-order chi connectivity index (χ0) is 12.1. The van der Waals surface area contributed by atoms with Crippen molar-refractivity contribution in [3.63, 3.8) is 0 Å². The molecule has 0 N–H and O–H groups in total. The van der Waals surface area contributed by atoms with E-state index in [1.807, 2.05) is 42.5 Å². The Bertz CT molecular complexity index is 500. The zero-order valence-corrected chi connectivity index (χ0v) is 11.1. The van der Waals surface area contributed by atoms with E-state index >= 15 is 0 Å². The lowest BCUT2D eigenvalue weighted by Crippen LogP contribution is -1.83. The quantitative estimate of drug-likeness (QED) is 0.751. The van der Waals surface area contributed by atoms with E-state index < -0.39 is 0 Å². The van der Waals surface area contributed by atoms with Crippen molar-refractivity contribution >= 4 is 26.5 Å². The van der Waals surface area contributed by atoms with E-state index in [4.69, 9.17) is 4.74 Å². The maximum absolute atomic E-state index is 5.13. The Morgan fingerprint density at radius 1 is 1.00 bits per heavy atom. The molecule has 1 nitrogen and oxygen atoms in total. The second kappa shape index (κ2) is 5.69. The van der Waals surface area contributed by atoms with Crippen LogP contribution in [-0.2, 0) is 0 Å². The maximum atomic E-state index is 5.13. The van der Waals surface area contributed by atoms with E-state index in [-0.39, 0.29) is 0 Å². The third-order valence-electron chi connectivity index (χ3n) is 2.46. The molecule has 0 radical (unpaired) electrons. The highest BCUT2D eigenvalue weighted by Gasteiger charge is 1.98. The van der Waals surface area contributed by atoms with Crippen LogP contribution in [0.1, 0.15) is 11.1 Å². The van der Waals surface area contributed by atoms with Gasteiger partial charge in [-0.05, 0) is 29.3 Å². The molecular weight excluding hydrogens is 276 g/mol. The fourth-order valence-corrected chi connectivity index (χ4v) is 2.06. The summed E-state index contributed by atoms with van der Waals surface area (Å²) in [7, 11) is 1.67. The molecule has 0 saturated carbocycles. The lowest BCUT2D eigenvalue weighted by atomic mass is 10.1. The molecule has 0 aliphatic heterocycles. The topological polar surface area (TPSA) is 9.23 Å². The normalized spacial score (nSPS) is 11.3. The highest BCUT2D eigenvalue weighted by atomic mass is 79.9. The van der Waals surface area contributed by atoms with Crippen LogP contribution in [0.25, 0.3) is 10.6 Å². The molecular formula is C15H13BrO. The number of halogens is 1. The summed E-state index contributed by atoms with van der Waals surface area (Å²) in [6, 6.07) is 18.2. The molecule has 0 atom stereocenters. The summed E-state index contributed by atoms with van der Waals surface area (Å²) in [4.78, 5) is 0. The Morgan fingerprint density at radius 3 is 2.24 bits per heavy atom. The summed E-state index contributed by atoms with van der Waals surface area (Å²) < 4.78 is 6.19. The molecule has 2 rings (SSSR count). The van der Waals surface area contributed by atoms with Crippen LogP contribution in [0.3, 0.4) is 0 Å². The first kappa shape index (κ1) is 11.9. The van der Waals surface area contributed by atoms with Crippen LogP contribution < -0.4 is 4.74 Å². The van der Waals surface area contributed by atoms with Crippen LogP contribution in [0.4, 0.5) is 0 Å². The fourth-order valence-electron chi connectivity index (χ4n) is 1.53. The van der Waals surface area contributed by atoms with E-state index in [2.05, 4.69) is 34.1 Å². The van der Waals surface area contributed by atoms with Gasteiger partial charge < -0.3 is 4.74 Å². The van der Waals surface area contributed by atoms with Gasteiger partial charge in [0, 0.05) is 4.48 Å². The Hall–Kier alpha value is -1.54. The Labute approximate surface area is 110 Å². The van der Waals surface area contributed by atoms with E-state index in [1.54, 1.807) is 7.11 Å². The third-order valence-corrected chi connectivity index (χ3v) is 3.15. The summed E-state index contributed by atoms with van der Waals surface area (Å²) in [5.41, 5.74) is 2.31. The van der Waals surface area contributed by atoms with Crippen LogP contribution in [-0.4, -0.2) is 7.11 Å². The lowest BCUT2D eigenvalue weighted by molar-refractivity contribution is 0.415. The molecule has 0 spiro atoms. The maximum Gasteiger partial charge on any atom is 0.118 e. The molecule has 0 fully saturated rings. The molecule has 0 aromatic heterocycles. The van der Waals surface area contributed by atoms with Gasteiger partial charge in [-0.3, -0.25) is 0 Å². The summed E-state index contributed by atoms with van der Waals surface area (Å²) in [5, 5.41) is 0. The van der Waals surface area contributed by atoms with Crippen LogP contribution in [0.2, 0.25) is 0 Å². The molecule has 2 aromatic carbocycles. The largest absolute Gasteiger partial charge is 0.497 e. The minimum absolute atomic E-state index is 0.869. The zero-order valence-electron chi connectivity index (χ0n) is 9.56. The number of rotatable bonds is 3. The molecule has 0 amide bonds. The number of ether oxygens (including phenoxy) is 1. The van der Waals surface area contributed by atoms with E-state index in [0.717, 1.165) is 15.8 Å². The van der Waals surface area contributed by atoms with Crippen molar-refractivity contribution < 1.29 is 4.74 Å². The SMILES string of the molecule is COc1ccc(/C(Br)=C/c2ccccc2)cc1. The fraction of sp³-hybridized carbons (Fsp3) is 0.0667. The van der Waals surface area contributed by atoms with E-state index in [1.165, 1.54) is 5.56 Å². The standard InChI is InChI=1S/C15H13BrO/c1-17-14-9-7-13(8-10-14)15(16)11-12-5-3-2-4-6-12/h2-11H,1H3/b15-11-. The van der Waals surface area contributed by atoms with Gasteiger partial charge in [-0.1, -0.05) is 58.4 Å². The van der Waals surface area contributed by atoms with Crippen molar-refractivity contribution in [1.29, 1.82) is 0 Å². The van der Waals surface area contributed by atoms with Crippen molar-refractivity contribution in [3.8, 4) is 5.75 Å². The number of hydrogen-bond donors (Lipinski definition) is 0. The van der Waals surface area contributed by atoms with Crippen LogP contribution in [0, 0.1) is 0 Å². The monoisotopic (exact) mass is 288 g/mol. The third kappa shape index (κ3) is 3.21. The molecule has 17 heavy (non-hydrogen) atoms. The second-order valence-electron chi connectivity index (χ2n) is 3.63. The number of hydrogen-bond acceptors (Lipinski definition) is 1. The van der Waals surface area contributed by atoms with Gasteiger partial charge in [0.2, 0.25) is 0 Å². The minimum atomic E-state index is 0.869. The second-order valence-corrected chi connectivity index (χ2v) is 4.49. The van der Waals surface area contributed by atoms with Crippen molar-refractivity contribution in [2.75, 3.05) is 7.11 Å². The number of benzene rings is 2. The molecule has 0 heterocycles. The smallest absolute Gasteiger partial charge is 0.118 e. The summed E-state index contributed by atoms with van der Waals surface area (Å²) in [6.45, 7) is 0. The van der Waals surface area contributed by atoms with Gasteiger partial charge in [-0.25, -0.2) is 0 Å². The van der Waals surface area contributed by atoms with E-state index in [0.29, 0.717) is 0 Å². The van der Waals surface area contributed by atoms with Gasteiger partial charge >= 0.3 is 0 Å². The Balaban J connectivity index is 2.24. The first-order valence-electron chi connectivity index (χ1n) is 5.36. The van der Waals surface area contributed by atoms with Crippen molar-refractivity contribution in [1.82, 2.24) is 0 Å². The van der Waals surface area contributed by atoms with Crippen LogP contribution in [0.15, 0.2) is 54.6 Å². The van der Waals surface area contributed by atoms with Crippen molar-refractivity contribution in [2.45, 2.75) is 0 Å². The molecule has 0 aliphatic rings. The Morgan fingerprint density at radius 2 is 1.65 bits per heavy atom. The van der Waals surface area contributed by atoms with Gasteiger partial charge in [0.1, 0.15) is 5.75 Å². The van der Waals surface area contributed by atoms with Crippen molar-refractivity contribution in [2.24, 2.45) is 0 Å². The summed E-state index contributed by atoms with van der Waals surface area (Å²) in [6.07, 6.45) is 2.10. The van der Waals surface area contributed by atoms with Gasteiger partial charge in [0.25, 0.3) is 0 Å². The molecule has 0 aliphatic carbocycles. The van der Waals surface area contributed by atoms with Gasteiger partial charge in [0.05, 0.1) is 7.11 Å². The predicted octanol–water partition coefficient (Wildman–Crippen LogP) is 4.59. The van der Waals surface area contributed by atoms with Crippen LogP contribution >= 0.6 is 15.9 Å². The van der Waals surface area contributed by atoms with E-state index in [9.17, 15) is 0 Å². The lowest BCUT2D eigenvalue weighted by Gasteiger charge is -2.02. The molecule has 0 saturated heterocycles. The van der Waals surface area contributed by atoms with Crippen molar-refractivity contribution in [3.05, 3.63) is 65.7 Å². The minimum Gasteiger partial charge on any atom is -0.497 e. The molecule has 0 unspecified atom stereocenters. The first-order valence-corrected chi connectivity index (χ1v) is 6.15. The first-order chi connectivity index (χ1) is 8.29. The molecule has 2 aromatic rings. The summed E-state index contributed by atoms with van der Waals surface area (Å²) >= 11 is 3.59. The average Bonchev–Trinajstić information content (AvgIpc) is 2.40. The van der Waals surface area contributed by atoms with Gasteiger partial charge in [-0.2, -0.15) is 0 Å². The highest BCUT2D eigenvalue weighted by Crippen LogP contribution is 2.25. The molecule has 2 heteroatoms. The molecule has 86 valence electrons. The van der Waals surface area contributed by atoms with Gasteiger partial charge in [0.15, 0.2) is 0 Å². The highest BCUT2D eigenvalue weighted by molar-refractivity contribution is 9.15. The summed E-state index contributed by atoms with van der Waals surface area (Å²) in [5.74, 6) is 0.869. The number of methoxy groups -OCH3 is 1. The predicted molar refractivity (Wildman–Crippen MR) is 76.2 cm³/mol. The molecule has 0 bridgehead atoms. The average molecular weight is 289 g/mol.